The van der Waals surface area contributed by atoms with E-state index >= 15 is 0 Å². The van der Waals surface area contributed by atoms with Crippen LogP contribution in [-0.2, 0) is 4.74 Å². The van der Waals surface area contributed by atoms with E-state index in [0.717, 1.165) is 24.4 Å². The molecule has 2 aromatic rings. The van der Waals surface area contributed by atoms with Gasteiger partial charge < -0.3 is 9.72 Å². The van der Waals surface area contributed by atoms with Crippen LogP contribution in [0.1, 0.15) is 32.6 Å². The van der Waals surface area contributed by atoms with Gasteiger partial charge in [0.1, 0.15) is 5.82 Å². The number of morpholine rings is 1. The van der Waals surface area contributed by atoms with Gasteiger partial charge in [-0.15, -0.1) is 0 Å². The van der Waals surface area contributed by atoms with E-state index in [9.17, 15) is 4.79 Å². The highest BCUT2D eigenvalue weighted by atomic mass is 16.5. The summed E-state index contributed by atoms with van der Waals surface area (Å²) in [5.41, 5.74) is 0.675. The molecule has 0 aliphatic carbocycles. The maximum atomic E-state index is 12.2. The Morgan fingerprint density at radius 2 is 1.95 bits per heavy atom. The van der Waals surface area contributed by atoms with Crippen molar-refractivity contribution < 1.29 is 4.74 Å². The Kier molecular flexibility index (Phi) is 3.78. The quantitative estimate of drug-likeness (QED) is 0.919. The Morgan fingerprint density at radius 1 is 1.29 bits per heavy atom. The number of nitrogens with zero attached hydrogens (tertiary/aromatic N) is 2. The first-order valence-electron chi connectivity index (χ1n) is 7.43. The highest BCUT2D eigenvalue weighted by Gasteiger charge is 2.27. The molecule has 1 fully saturated rings. The summed E-state index contributed by atoms with van der Waals surface area (Å²) in [5.74, 6) is 0.722. The van der Waals surface area contributed by atoms with Gasteiger partial charge in [0.25, 0.3) is 5.56 Å². The molecule has 0 amide bonds. The molecule has 1 aromatic heterocycles. The zero-order valence-corrected chi connectivity index (χ0v) is 12.7. The van der Waals surface area contributed by atoms with Gasteiger partial charge in [-0.1, -0.05) is 12.1 Å². The van der Waals surface area contributed by atoms with Crippen LogP contribution in [0.25, 0.3) is 10.9 Å². The van der Waals surface area contributed by atoms with Crippen molar-refractivity contribution in [3.8, 4) is 0 Å². The molecular weight excluding hydrogens is 266 g/mol. The number of H-pyrrole nitrogens is 1. The predicted octanol–water partition coefficient (Wildman–Crippen LogP) is 2.09. The van der Waals surface area contributed by atoms with Crippen LogP contribution in [0.5, 0.6) is 0 Å². The van der Waals surface area contributed by atoms with Gasteiger partial charge >= 0.3 is 0 Å². The first-order valence-corrected chi connectivity index (χ1v) is 7.43. The molecule has 5 heteroatoms. The molecule has 3 atom stereocenters. The van der Waals surface area contributed by atoms with Crippen LogP contribution in [0, 0.1) is 0 Å². The maximum Gasteiger partial charge on any atom is 0.258 e. The van der Waals surface area contributed by atoms with Crippen molar-refractivity contribution >= 4 is 10.9 Å². The number of hydrogen-bond donors (Lipinski definition) is 1. The molecule has 0 unspecified atom stereocenters. The maximum absolute atomic E-state index is 12.2. The fourth-order valence-corrected chi connectivity index (χ4v) is 3.01. The van der Waals surface area contributed by atoms with Crippen molar-refractivity contribution in [1.82, 2.24) is 14.9 Å². The number of fused-ring (bicyclic) bond motifs is 1. The summed E-state index contributed by atoms with van der Waals surface area (Å²) in [5, 5.41) is 0.636. The second kappa shape index (κ2) is 5.58. The summed E-state index contributed by atoms with van der Waals surface area (Å²) in [4.78, 5) is 22.0. The number of aromatic nitrogens is 2. The third-order valence-corrected chi connectivity index (χ3v) is 4.02. The number of ether oxygens (including phenoxy) is 1. The molecule has 0 bridgehead atoms. The fourth-order valence-electron chi connectivity index (χ4n) is 3.01. The summed E-state index contributed by atoms with van der Waals surface area (Å²) in [6.07, 6.45) is 0.395. The lowest BCUT2D eigenvalue weighted by molar-refractivity contribution is -0.0798. The van der Waals surface area contributed by atoms with Crippen LogP contribution in [0.4, 0.5) is 0 Å². The first kappa shape index (κ1) is 14.2. The molecule has 1 aliphatic rings. The number of nitrogens with one attached hydrogen (secondary N) is 1. The summed E-state index contributed by atoms with van der Waals surface area (Å²) in [6, 6.07) is 7.51. The lowest BCUT2D eigenvalue weighted by Gasteiger charge is -2.38. The molecule has 3 rings (SSSR count). The van der Waals surface area contributed by atoms with E-state index in [1.165, 1.54) is 0 Å². The normalized spacial score (nSPS) is 25.1. The van der Waals surface area contributed by atoms with Crippen LogP contribution in [-0.4, -0.2) is 40.2 Å². The molecule has 112 valence electrons. The molecule has 1 aromatic carbocycles. The monoisotopic (exact) mass is 287 g/mol. The van der Waals surface area contributed by atoms with E-state index in [0.29, 0.717) is 5.39 Å². The first-order chi connectivity index (χ1) is 10.0. The SMILES string of the molecule is C[C@@H]1CN([C@@H](C)c2nc3ccccc3c(=O)[nH]2)C[C@H](C)O1. The number of aromatic amines is 1. The Labute approximate surface area is 124 Å². The Hall–Kier alpha value is -1.72. The topological polar surface area (TPSA) is 58.2 Å². The van der Waals surface area contributed by atoms with Crippen LogP contribution in [0.15, 0.2) is 29.1 Å². The Balaban J connectivity index is 1.94. The van der Waals surface area contributed by atoms with Gasteiger partial charge in [0.05, 0.1) is 29.2 Å². The molecule has 21 heavy (non-hydrogen) atoms. The van der Waals surface area contributed by atoms with Crippen LogP contribution >= 0.6 is 0 Å². The molecule has 1 aliphatic heterocycles. The Bertz CT molecular complexity index is 687. The lowest BCUT2D eigenvalue weighted by Crippen LogP contribution is -2.46. The number of benzene rings is 1. The minimum Gasteiger partial charge on any atom is -0.373 e. The number of hydrogen-bond acceptors (Lipinski definition) is 4. The molecule has 1 saturated heterocycles. The highest BCUT2D eigenvalue weighted by molar-refractivity contribution is 5.77. The van der Waals surface area contributed by atoms with Gasteiger partial charge in [-0.2, -0.15) is 0 Å². The molecule has 0 spiro atoms. The molecule has 5 nitrogen and oxygen atoms in total. The third-order valence-electron chi connectivity index (χ3n) is 4.02. The standard InChI is InChI=1S/C16H21N3O2/c1-10-8-19(9-11(2)21-10)12(3)15-17-14-7-5-4-6-13(14)16(20)18-15/h4-7,10-12H,8-9H2,1-3H3,(H,17,18,20)/t10-,11+,12-/m0/s1. The Morgan fingerprint density at radius 3 is 2.67 bits per heavy atom. The van der Waals surface area contributed by atoms with Crippen molar-refractivity contribution in [2.75, 3.05) is 13.1 Å². The van der Waals surface area contributed by atoms with Gasteiger partial charge in [-0.05, 0) is 32.9 Å². The van der Waals surface area contributed by atoms with Crippen molar-refractivity contribution in [3.05, 3.63) is 40.4 Å². The number of rotatable bonds is 2. The molecule has 1 N–H and O–H groups in total. The van der Waals surface area contributed by atoms with E-state index in [1.807, 2.05) is 18.2 Å². The van der Waals surface area contributed by atoms with Crippen LogP contribution in [0.2, 0.25) is 0 Å². The molecule has 0 radical (unpaired) electrons. The number of para-hydroxylation sites is 1. The van der Waals surface area contributed by atoms with Crippen molar-refractivity contribution in [1.29, 1.82) is 0 Å². The van der Waals surface area contributed by atoms with Gasteiger partial charge in [0.15, 0.2) is 0 Å². The van der Waals surface area contributed by atoms with Crippen molar-refractivity contribution in [3.63, 3.8) is 0 Å². The van der Waals surface area contributed by atoms with E-state index < -0.39 is 0 Å². The highest BCUT2D eigenvalue weighted by Crippen LogP contribution is 2.22. The van der Waals surface area contributed by atoms with Gasteiger partial charge in [0.2, 0.25) is 0 Å². The predicted molar refractivity (Wildman–Crippen MR) is 82.4 cm³/mol. The second-order valence-corrected chi connectivity index (χ2v) is 5.86. The van der Waals surface area contributed by atoms with Crippen molar-refractivity contribution in [2.24, 2.45) is 0 Å². The zero-order chi connectivity index (χ0) is 15.0. The smallest absolute Gasteiger partial charge is 0.258 e. The average Bonchev–Trinajstić information content (AvgIpc) is 2.45. The zero-order valence-electron chi connectivity index (χ0n) is 12.7. The lowest BCUT2D eigenvalue weighted by atomic mass is 10.1. The van der Waals surface area contributed by atoms with E-state index in [1.54, 1.807) is 6.07 Å². The third kappa shape index (κ3) is 2.84. The van der Waals surface area contributed by atoms with Gasteiger partial charge in [0, 0.05) is 13.1 Å². The van der Waals surface area contributed by atoms with Gasteiger partial charge in [-0.3, -0.25) is 9.69 Å². The summed E-state index contributed by atoms with van der Waals surface area (Å²) in [7, 11) is 0. The largest absolute Gasteiger partial charge is 0.373 e. The van der Waals surface area contributed by atoms with E-state index in [4.69, 9.17) is 4.74 Å². The average molecular weight is 287 g/mol. The minimum absolute atomic E-state index is 0.0658. The summed E-state index contributed by atoms with van der Waals surface area (Å²) in [6.45, 7) is 7.93. The van der Waals surface area contributed by atoms with Crippen LogP contribution < -0.4 is 5.56 Å². The second-order valence-electron chi connectivity index (χ2n) is 5.86. The minimum atomic E-state index is -0.0724. The summed E-state index contributed by atoms with van der Waals surface area (Å²) >= 11 is 0. The molecular formula is C16H21N3O2. The van der Waals surface area contributed by atoms with Gasteiger partial charge in [-0.25, -0.2) is 4.98 Å². The molecule has 2 heterocycles. The fraction of sp³-hybridized carbons (Fsp3) is 0.500. The van der Waals surface area contributed by atoms with Crippen molar-refractivity contribution in [2.45, 2.75) is 39.0 Å². The van der Waals surface area contributed by atoms with E-state index in [-0.39, 0.29) is 23.8 Å². The summed E-state index contributed by atoms with van der Waals surface area (Å²) < 4.78 is 5.76. The molecule has 0 saturated carbocycles. The van der Waals surface area contributed by atoms with E-state index in [2.05, 4.69) is 35.6 Å². The van der Waals surface area contributed by atoms with Crippen LogP contribution in [0.3, 0.4) is 0 Å².